The van der Waals surface area contributed by atoms with Crippen molar-refractivity contribution in [3.63, 3.8) is 0 Å². The summed E-state index contributed by atoms with van der Waals surface area (Å²) >= 11 is 5.84. The van der Waals surface area contributed by atoms with Gasteiger partial charge in [-0.3, -0.25) is 9.48 Å². The molecule has 6 nitrogen and oxygen atoms in total. The predicted octanol–water partition coefficient (Wildman–Crippen LogP) is 1.02. The molecule has 0 aliphatic heterocycles. The van der Waals surface area contributed by atoms with Crippen LogP contribution in [0.25, 0.3) is 0 Å². The second kappa shape index (κ2) is 5.71. The topological polar surface area (TPSA) is 85.8 Å². The summed E-state index contributed by atoms with van der Waals surface area (Å²) in [5.41, 5.74) is 6.51. The largest absolute Gasteiger partial charge is 0.398 e. The number of aryl methyl sites for hydroxylation is 1. The van der Waals surface area contributed by atoms with Crippen LogP contribution in [0.1, 0.15) is 16.2 Å². The van der Waals surface area contributed by atoms with Crippen molar-refractivity contribution in [1.82, 2.24) is 20.1 Å². The van der Waals surface area contributed by atoms with E-state index in [4.69, 9.17) is 17.3 Å². The zero-order valence-corrected chi connectivity index (χ0v) is 11.2. The lowest BCUT2D eigenvalue weighted by Gasteiger charge is -2.07. The fourth-order valence-electron chi connectivity index (χ4n) is 1.61. The van der Waals surface area contributed by atoms with Crippen LogP contribution in [0.4, 0.5) is 5.69 Å². The lowest BCUT2D eigenvalue weighted by Crippen LogP contribution is -2.26. The average Bonchev–Trinajstić information content (AvgIpc) is 2.78. The van der Waals surface area contributed by atoms with Gasteiger partial charge in [-0.25, -0.2) is 4.98 Å². The molecule has 1 heterocycles. The minimum absolute atomic E-state index is 0.254. The van der Waals surface area contributed by atoms with E-state index in [9.17, 15) is 4.79 Å². The highest BCUT2D eigenvalue weighted by molar-refractivity contribution is 6.31. The van der Waals surface area contributed by atoms with Crippen molar-refractivity contribution >= 4 is 23.2 Å². The van der Waals surface area contributed by atoms with Gasteiger partial charge in [0.2, 0.25) is 0 Å². The van der Waals surface area contributed by atoms with E-state index in [2.05, 4.69) is 15.4 Å². The molecule has 1 aromatic carbocycles. The number of amides is 1. The lowest BCUT2D eigenvalue weighted by atomic mass is 10.1. The van der Waals surface area contributed by atoms with E-state index in [1.54, 1.807) is 36.3 Å². The molecule has 1 aromatic heterocycles. The maximum atomic E-state index is 11.9. The maximum Gasteiger partial charge on any atom is 0.253 e. The van der Waals surface area contributed by atoms with E-state index >= 15 is 0 Å². The molecule has 0 saturated carbocycles. The molecule has 1 amide bonds. The Bertz CT molecular complexity index is 596. The van der Waals surface area contributed by atoms with Crippen LogP contribution in [0.2, 0.25) is 5.02 Å². The molecule has 0 fully saturated rings. The van der Waals surface area contributed by atoms with Gasteiger partial charge in [0.15, 0.2) is 5.82 Å². The van der Waals surface area contributed by atoms with Crippen molar-refractivity contribution < 1.29 is 4.79 Å². The summed E-state index contributed by atoms with van der Waals surface area (Å²) in [6, 6.07) is 4.80. The fourth-order valence-corrected chi connectivity index (χ4v) is 1.78. The Morgan fingerprint density at radius 3 is 3.00 bits per heavy atom. The molecule has 2 rings (SSSR count). The van der Waals surface area contributed by atoms with Crippen molar-refractivity contribution in [3.8, 4) is 0 Å². The normalized spacial score (nSPS) is 10.4. The van der Waals surface area contributed by atoms with E-state index in [0.29, 0.717) is 35.1 Å². The highest BCUT2D eigenvalue weighted by atomic mass is 35.5. The molecular weight excluding hydrogens is 266 g/mol. The molecule has 0 saturated heterocycles. The molecule has 100 valence electrons. The number of carbonyl (C=O) groups is 1. The van der Waals surface area contributed by atoms with Gasteiger partial charge in [0.25, 0.3) is 5.91 Å². The molecule has 3 N–H and O–H groups in total. The van der Waals surface area contributed by atoms with Crippen LogP contribution in [0.15, 0.2) is 24.5 Å². The van der Waals surface area contributed by atoms with Crippen molar-refractivity contribution in [3.05, 3.63) is 40.9 Å². The van der Waals surface area contributed by atoms with Gasteiger partial charge in [0.05, 0.1) is 5.56 Å². The summed E-state index contributed by atoms with van der Waals surface area (Å²) in [7, 11) is 1.79. The second-order valence-electron chi connectivity index (χ2n) is 4.07. The first-order valence-electron chi connectivity index (χ1n) is 5.74. The van der Waals surface area contributed by atoms with E-state index < -0.39 is 0 Å². The predicted molar refractivity (Wildman–Crippen MR) is 72.9 cm³/mol. The Balaban J connectivity index is 1.92. The molecule has 0 aliphatic carbocycles. The minimum Gasteiger partial charge on any atom is -0.398 e. The summed E-state index contributed by atoms with van der Waals surface area (Å²) in [5.74, 6) is 0.429. The van der Waals surface area contributed by atoms with Gasteiger partial charge in [-0.05, 0) is 18.2 Å². The van der Waals surface area contributed by atoms with Crippen molar-refractivity contribution in [2.75, 3.05) is 12.3 Å². The number of anilines is 1. The van der Waals surface area contributed by atoms with Gasteiger partial charge in [0, 0.05) is 30.7 Å². The van der Waals surface area contributed by atoms with Crippen LogP contribution in [0, 0.1) is 0 Å². The molecular formula is C12H14ClN5O. The standard InChI is InChI=1S/C12H14ClN5O/c1-18-7-16-11(17-18)4-5-15-12(19)9-6-8(13)2-3-10(9)14/h2-3,6-7H,4-5,14H2,1H3,(H,15,19). The third-order valence-corrected chi connectivity index (χ3v) is 2.78. The van der Waals surface area contributed by atoms with Crippen molar-refractivity contribution in [1.29, 1.82) is 0 Å². The van der Waals surface area contributed by atoms with E-state index in [-0.39, 0.29) is 5.91 Å². The zero-order valence-electron chi connectivity index (χ0n) is 10.4. The van der Waals surface area contributed by atoms with Crippen molar-refractivity contribution in [2.24, 2.45) is 7.05 Å². The van der Waals surface area contributed by atoms with Gasteiger partial charge in [-0.1, -0.05) is 11.6 Å². The van der Waals surface area contributed by atoms with Crippen LogP contribution in [0.3, 0.4) is 0 Å². The number of hydrogen-bond acceptors (Lipinski definition) is 4. The Labute approximate surface area is 115 Å². The summed E-state index contributed by atoms with van der Waals surface area (Å²) in [4.78, 5) is 16.0. The first-order valence-corrected chi connectivity index (χ1v) is 6.12. The van der Waals surface area contributed by atoms with Gasteiger partial charge in [-0.2, -0.15) is 5.10 Å². The first-order chi connectivity index (χ1) is 9.06. The molecule has 0 spiro atoms. The molecule has 0 atom stereocenters. The van der Waals surface area contributed by atoms with Gasteiger partial charge in [-0.15, -0.1) is 0 Å². The Hall–Kier alpha value is -2.08. The van der Waals surface area contributed by atoms with Gasteiger partial charge < -0.3 is 11.1 Å². The number of hydrogen-bond donors (Lipinski definition) is 2. The zero-order chi connectivity index (χ0) is 13.8. The first kappa shape index (κ1) is 13.4. The Morgan fingerprint density at radius 1 is 1.53 bits per heavy atom. The number of halogens is 1. The highest BCUT2D eigenvalue weighted by Gasteiger charge is 2.10. The van der Waals surface area contributed by atoms with Crippen LogP contribution in [-0.4, -0.2) is 27.2 Å². The average molecular weight is 280 g/mol. The third kappa shape index (κ3) is 3.45. The number of nitrogens with zero attached hydrogens (tertiary/aromatic N) is 3. The Kier molecular flexibility index (Phi) is 4.01. The molecule has 0 bridgehead atoms. The summed E-state index contributed by atoms with van der Waals surface area (Å²) < 4.78 is 1.62. The van der Waals surface area contributed by atoms with Gasteiger partial charge in [0.1, 0.15) is 6.33 Å². The monoisotopic (exact) mass is 279 g/mol. The number of carbonyl (C=O) groups excluding carboxylic acids is 1. The molecule has 2 aromatic rings. The molecule has 7 heteroatoms. The summed E-state index contributed by atoms with van der Waals surface area (Å²) in [5, 5.41) is 7.36. The number of rotatable bonds is 4. The van der Waals surface area contributed by atoms with Crippen LogP contribution >= 0.6 is 11.6 Å². The van der Waals surface area contributed by atoms with Crippen LogP contribution < -0.4 is 11.1 Å². The SMILES string of the molecule is Cn1cnc(CCNC(=O)c2cc(Cl)ccc2N)n1. The quantitative estimate of drug-likeness (QED) is 0.818. The number of nitrogens with one attached hydrogen (secondary N) is 1. The fraction of sp³-hybridized carbons (Fsp3) is 0.250. The maximum absolute atomic E-state index is 11.9. The van der Waals surface area contributed by atoms with Crippen molar-refractivity contribution in [2.45, 2.75) is 6.42 Å². The Morgan fingerprint density at radius 2 is 2.32 bits per heavy atom. The number of nitrogen functional groups attached to an aromatic ring is 1. The number of benzene rings is 1. The minimum atomic E-state index is -0.254. The third-order valence-electron chi connectivity index (χ3n) is 2.54. The van der Waals surface area contributed by atoms with Crippen LogP contribution in [-0.2, 0) is 13.5 Å². The second-order valence-corrected chi connectivity index (χ2v) is 4.51. The molecule has 0 unspecified atom stereocenters. The van der Waals surface area contributed by atoms with E-state index in [1.807, 2.05) is 0 Å². The summed E-state index contributed by atoms with van der Waals surface area (Å²) in [6.45, 7) is 0.439. The number of nitrogens with two attached hydrogens (primary N) is 1. The van der Waals surface area contributed by atoms with Crippen LogP contribution in [0.5, 0.6) is 0 Å². The molecule has 19 heavy (non-hydrogen) atoms. The van der Waals surface area contributed by atoms with E-state index in [1.165, 1.54) is 0 Å². The van der Waals surface area contributed by atoms with Gasteiger partial charge >= 0.3 is 0 Å². The molecule has 0 radical (unpaired) electrons. The summed E-state index contributed by atoms with van der Waals surface area (Å²) in [6.07, 6.45) is 2.18. The number of aromatic nitrogens is 3. The molecule has 0 aliphatic rings. The van der Waals surface area contributed by atoms with E-state index in [0.717, 1.165) is 0 Å². The highest BCUT2D eigenvalue weighted by Crippen LogP contribution is 2.17. The lowest BCUT2D eigenvalue weighted by molar-refractivity contribution is 0.0955. The smallest absolute Gasteiger partial charge is 0.253 e.